The SMILES string of the molecule is CC(NCCC(F)(F)F)c1ccc2c(c1)NC(=O)CO2. The van der Waals surface area contributed by atoms with Crippen molar-refractivity contribution in [2.75, 3.05) is 18.5 Å². The number of anilines is 1. The van der Waals surface area contributed by atoms with Crippen LogP contribution in [0.25, 0.3) is 0 Å². The molecule has 2 N–H and O–H groups in total. The molecule has 0 spiro atoms. The molecule has 1 aliphatic rings. The van der Waals surface area contributed by atoms with Gasteiger partial charge in [0.2, 0.25) is 0 Å². The zero-order valence-corrected chi connectivity index (χ0v) is 10.9. The Labute approximate surface area is 114 Å². The van der Waals surface area contributed by atoms with Gasteiger partial charge in [-0.2, -0.15) is 13.2 Å². The summed E-state index contributed by atoms with van der Waals surface area (Å²) in [7, 11) is 0. The van der Waals surface area contributed by atoms with Gasteiger partial charge in [-0.05, 0) is 24.6 Å². The van der Waals surface area contributed by atoms with E-state index in [2.05, 4.69) is 10.6 Å². The molecule has 1 heterocycles. The van der Waals surface area contributed by atoms with E-state index in [1.165, 1.54) is 0 Å². The molecule has 0 saturated carbocycles. The average Bonchev–Trinajstić information content (AvgIpc) is 2.36. The van der Waals surface area contributed by atoms with Gasteiger partial charge >= 0.3 is 6.18 Å². The fraction of sp³-hybridized carbons (Fsp3) is 0.462. The highest BCUT2D eigenvalue weighted by molar-refractivity contribution is 5.95. The number of carbonyl (C=O) groups excluding carboxylic acids is 1. The molecule has 1 amide bonds. The summed E-state index contributed by atoms with van der Waals surface area (Å²) < 4.78 is 41.4. The van der Waals surface area contributed by atoms with Crippen LogP contribution in [0.4, 0.5) is 18.9 Å². The fourth-order valence-corrected chi connectivity index (χ4v) is 1.92. The number of carbonyl (C=O) groups is 1. The molecule has 0 radical (unpaired) electrons. The number of nitrogens with one attached hydrogen (secondary N) is 2. The van der Waals surface area contributed by atoms with Crippen LogP contribution in [-0.4, -0.2) is 25.2 Å². The van der Waals surface area contributed by atoms with Gasteiger partial charge in [-0.1, -0.05) is 6.07 Å². The summed E-state index contributed by atoms with van der Waals surface area (Å²) in [5, 5.41) is 5.46. The minimum absolute atomic E-state index is 0.0221. The third-order valence-corrected chi connectivity index (χ3v) is 3.00. The molecule has 7 heteroatoms. The quantitative estimate of drug-likeness (QED) is 0.895. The van der Waals surface area contributed by atoms with Crippen LogP contribution in [0.5, 0.6) is 5.75 Å². The zero-order chi connectivity index (χ0) is 14.8. The van der Waals surface area contributed by atoms with E-state index < -0.39 is 12.6 Å². The van der Waals surface area contributed by atoms with Crippen molar-refractivity contribution >= 4 is 11.6 Å². The first-order valence-electron chi connectivity index (χ1n) is 6.22. The molecule has 1 aromatic rings. The number of hydrogen-bond acceptors (Lipinski definition) is 3. The lowest BCUT2D eigenvalue weighted by molar-refractivity contribution is -0.133. The largest absolute Gasteiger partial charge is 0.482 e. The van der Waals surface area contributed by atoms with E-state index in [0.29, 0.717) is 11.4 Å². The summed E-state index contributed by atoms with van der Waals surface area (Å²) in [6.45, 7) is 1.60. The Balaban J connectivity index is 1.98. The van der Waals surface area contributed by atoms with E-state index in [9.17, 15) is 18.0 Å². The Morgan fingerprint density at radius 2 is 2.20 bits per heavy atom. The van der Waals surface area contributed by atoms with Crippen LogP contribution < -0.4 is 15.4 Å². The lowest BCUT2D eigenvalue weighted by atomic mass is 10.1. The number of rotatable bonds is 4. The van der Waals surface area contributed by atoms with Gasteiger partial charge in [0, 0.05) is 12.6 Å². The second-order valence-corrected chi connectivity index (χ2v) is 4.63. The van der Waals surface area contributed by atoms with Gasteiger partial charge in [0.15, 0.2) is 6.61 Å². The monoisotopic (exact) mass is 288 g/mol. The highest BCUT2D eigenvalue weighted by atomic mass is 19.4. The van der Waals surface area contributed by atoms with Gasteiger partial charge in [0.05, 0.1) is 12.1 Å². The average molecular weight is 288 g/mol. The Bertz CT molecular complexity index is 503. The molecule has 1 atom stereocenters. The number of benzene rings is 1. The summed E-state index contributed by atoms with van der Waals surface area (Å²) in [4.78, 5) is 11.2. The van der Waals surface area contributed by atoms with Crippen molar-refractivity contribution in [1.29, 1.82) is 0 Å². The second-order valence-electron chi connectivity index (χ2n) is 4.63. The van der Waals surface area contributed by atoms with Crippen LogP contribution in [0.3, 0.4) is 0 Å². The van der Waals surface area contributed by atoms with Crippen LogP contribution in [0.15, 0.2) is 18.2 Å². The predicted octanol–water partition coefficient (Wildman–Crippen LogP) is 2.62. The van der Waals surface area contributed by atoms with Gasteiger partial charge in [-0.25, -0.2) is 0 Å². The topological polar surface area (TPSA) is 50.4 Å². The smallest absolute Gasteiger partial charge is 0.390 e. The van der Waals surface area contributed by atoms with Crippen molar-refractivity contribution in [3.63, 3.8) is 0 Å². The number of halogens is 3. The summed E-state index contributed by atoms with van der Waals surface area (Å²) >= 11 is 0. The number of hydrogen-bond donors (Lipinski definition) is 2. The first-order chi connectivity index (χ1) is 9.35. The van der Waals surface area contributed by atoms with E-state index in [0.717, 1.165) is 5.56 Å². The molecule has 1 unspecified atom stereocenters. The van der Waals surface area contributed by atoms with E-state index in [4.69, 9.17) is 4.74 Å². The first kappa shape index (κ1) is 14.6. The lowest BCUT2D eigenvalue weighted by Gasteiger charge is -2.21. The molecule has 4 nitrogen and oxygen atoms in total. The third-order valence-electron chi connectivity index (χ3n) is 3.00. The maximum absolute atomic E-state index is 12.1. The summed E-state index contributed by atoms with van der Waals surface area (Å²) in [5.74, 6) is 0.322. The molecule has 0 aromatic heterocycles. The van der Waals surface area contributed by atoms with Crippen LogP contribution in [0.2, 0.25) is 0 Å². The lowest BCUT2D eigenvalue weighted by Crippen LogP contribution is -2.27. The van der Waals surface area contributed by atoms with Crippen LogP contribution in [0, 0.1) is 0 Å². The molecule has 0 aliphatic carbocycles. The van der Waals surface area contributed by atoms with Crippen LogP contribution >= 0.6 is 0 Å². The van der Waals surface area contributed by atoms with E-state index in [1.54, 1.807) is 25.1 Å². The molecule has 0 bridgehead atoms. The molecule has 0 saturated heterocycles. The van der Waals surface area contributed by atoms with Crippen molar-refractivity contribution in [2.24, 2.45) is 0 Å². The Morgan fingerprint density at radius 1 is 1.45 bits per heavy atom. The van der Waals surface area contributed by atoms with Gasteiger partial charge in [-0.15, -0.1) is 0 Å². The van der Waals surface area contributed by atoms with Crippen molar-refractivity contribution in [3.8, 4) is 5.75 Å². The summed E-state index contributed by atoms with van der Waals surface area (Å²) in [6.07, 6.45) is -5.04. The molecular formula is C13H15F3N2O2. The van der Waals surface area contributed by atoms with Crippen molar-refractivity contribution in [2.45, 2.75) is 25.6 Å². The van der Waals surface area contributed by atoms with Crippen LogP contribution in [-0.2, 0) is 4.79 Å². The van der Waals surface area contributed by atoms with Gasteiger partial charge in [0.1, 0.15) is 5.75 Å². The predicted molar refractivity (Wildman–Crippen MR) is 67.7 cm³/mol. The Hall–Kier alpha value is -1.76. The third kappa shape index (κ3) is 3.86. The van der Waals surface area contributed by atoms with E-state index >= 15 is 0 Å². The molecule has 1 aromatic carbocycles. The number of alkyl halides is 3. The normalized spacial score (nSPS) is 16.1. The van der Waals surface area contributed by atoms with E-state index in [1.807, 2.05) is 0 Å². The first-order valence-corrected chi connectivity index (χ1v) is 6.22. The number of ether oxygens (including phenoxy) is 1. The van der Waals surface area contributed by atoms with Gasteiger partial charge in [0.25, 0.3) is 5.91 Å². The molecule has 20 heavy (non-hydrogen) atoms. The molecule has 2 rings (SSSR count). The zero-order valence-electron chi connectivity index (χ0n) is 10.9. The van der Waals surface area contributed by atoms with Crippen molar-refractivity contribution in [3.05, 3.63) is 23.8 Å². The highest BCUT2D eigenvalue weighted by Gasteiger charge is 2.26. The van der Waals surface area contributed by atoms with Crippen LogP contribution in [0.1, 0.15) is 24.9 Å². The van der Waals surface area contributed by atoms with Gasteiger partial charge in [-0.3, -0.25) is 4.79 Å². The highest BCUT2D eigenvalue weighted by Crippen LogP contribution is 2.30. The Kier molecular flexibility index (Phi) is 4.17. The molecule has 110 valence electrons. The van der Waals surface area contributed by atoms with Crippen molar-refractivity contribution in [1.82, 2.24) is 5.32 Å². The maximum Gasteiger partial charge on any atom is 0.390 e. The van der Waals surface area contributed by atoms with E-state index in [-0.39, 0.29) is 25.1 Å². The Morgan fingerprint density at radius 3 is 2.90 bits per heavy atom. The second kappa shape index (κ2) is 5.70. The number of fused-ring (bicyclic) bond motifs is 1. The molecular weight excluding hydrogens is 273 g/mol. The summed E-state index contributed by atoms with van der Waals surface area (Å²) in [6, 6.07) is 4.92. The number of amides is 1. The minimum Gasteiger partial charge on any atom is -0.482 e. The van der Waals surface area contributed by atoms with Crippen molar-refractivity contribution < 1.29 is 22.7 Å². The maximum atomic E-state index is 12.1. The standard InChI is InChI=1S/C13H15F3N2O2/c1-8(17-5-4-13(14,15)16)9-2-3-11-10(6-9)18-12(19)7-20-11/h2-3,6,8,17H,4-5,7H2,1H3,(H,18,19). The summed E-state index contributed by atoms with van der Waals surface area (Å²) in [5.41, 5.74) is 1.33. The fourth-order valence-electron chi connectivity index (χ4n) is 1.92. The molecule has 1 aliphatic heterocycles. The molecule has 0 fully saturated rings. The minimum atomic E-state index is -4.16. The van der Waals surface area contributed by atoms with Gasteiger partial charge < -0.3 is 15.4 Å².